The van der Waals surface area contributed by atoms with Gasteiger partial charge in [-0.05, 0) is 35.4 Å². The molecule has 2 aromatic carbocycles. The maximum absolute atomic E-state index is 10.3. The Kier molecular flexibility index (Phi) is 6.72. The monoisotopic (exact) mass is 336 g/mol. The van der Waals surface area contributed by atoms with Crippen LogP contribution in [0.5, 0.6) is 11.5 Å². The molecular formula is C16H16O8. The Labute approximate surface area is 136 Å². The van der Waals surface area contributed by atoms with Crippen LogP contribution < -0.4 is 0 Å². The zero-order valence-corrected chi connectivity index (χ0v) is 12.3. The highest BCUT2D eigenvalue weighted by Crippen LogP contribution is 2.17. The molecule has 0 bridgehead atoms. The van der Waals surface area contributed by atoms with Crippen LogP contribution in [-0.2, 0) is 9.59 Å². The molecule has 0 spiro atoms. The van der Waals surface area contributed by atoms with Crippen LogP contribution in [-0.4, -0.2) is 42.6 Å². The van der Waals surface area contributed by atoms with E-state index in [1.165, 1.54) is 48.5 Å². The molecule has 8 heteroatoms. The minimum Gasteiger partial charge on any atom is -0.508 e. The highest BCUT2D eigenvalue weighted by molar-refractivity contribution is 5.74. The molecular weight excluding hydrogens is 320 g/mol. The number of phenols is 2. The lowest BCUT2D eigenvalue weighted by Gasteiger charge is -2.04. The Morgan fingerprint density at radius 1 is 0.625 bits per heavy atom. The van der Waals surface area contributed by atoms with Gasteiger partial charge in [-0.15, -0.1) is 0 Å². The van der Waals surface area contributed by atoms with Crippen molar-refractivity contribution in [3.63, 3.8) is 0 Å². The number of aliphatic carboxylic acids is 2. The first-order valence-electron chi connectivity index (χ1n) is 6.62. The number of aliphatic hydroxyl groups is 2. The first-order chi connectivity index (χ1) is 11.2. The molecule has 0 radical (unpaired) electrons. The molecule has 6 N–H and O–H groups in total. The van der Waals surface area contributed by atoms with E-state index >= 15 is 0 Å². The van der Waals surface area contributed by atoms with Crippen molar-refractivity contribution in [3.8, 4) is 11.5 Å². The topological polar surface area (TPSA) is 156 Å². The molecule has 0 amide bonds. The number of carboxylic acid groups (broad SMARTS) is 2. The van der Waals surface area contributed by atoms with E-state index in [0.29, 0.717) is 0 Å². The number of rotatable bonds is 4. The summed E-state index contributed by atoms with van der Waals surface area (Å²) in [7, 11) is 0. The quantitative estimate of drug-likeness (QED) is 0.483. The summed E-state index contributed by atoms with van der Waals surface area (Å²) in [6.45, 7) is 0. The van der Waals surface area contributed by atoms with Crippen LogP contribution in [0, 0.1) is 0 Å². The van der Waals surface area contributed by atoms with E-state index in [1.807, 2.05) is 0 Å². The van der Waals surface area contributed by atoms with Crippen molar-refractivity contribution in [1.29, 1.82) is 0 Å². The van der Waals surface area contributed by atoms with Crippen LogP contribution in [0.25, 0.3) is 0 Å². The zero-order chi connectivity index (χ0) is 18.3. The van der Waals surface area contributed by atoms with Gasteiger partial charge >= 0.3 is 11.9 Å². The fourth-order valence-electron chi connectivity index (χ4n) is 1.60. The predicted molar refractivity (Wildman–Crippen MR) is 81.4 cm³/mol. The van der Waals surface area contributed by atoms with Crippen LogP contribution in [0.15, 0.2) is 48.5 Å². The fraction of sp³-hybridized carbons (Fsp3) is 0.125. The largest absolute Gasteiger partial charge is 0.508 e. The molecule has 0 saturated carbocycles. The summed E-state index contributed by atoms with van der Waals surface area (Å²) in [6, 6.07) is 10.7. The van der Waals surface area contributed by atoms with E-state index in [1.54, 1.807) is 0 Å². The molecule has 0 saturated heterocycles. The average Bonchev–Trinajstić information content (AvgIpc) is 2.55. The molecule has 0 aromatic heterocycles. The standard InChI is InChI=1S/2C8H8O4/c2*9-6-3-1-5(2-4-6)7(10)8(11)12/h2*1-4,7,9-10H,(H,11,12). The minimum absolute atomic E-state index is 0.0383. The molecule has 2 aromatic rings. The summed E-state index contributed by atoms with van der Waals surface area (Å²) in [5, 5.41) is 52.5. The van der Waals surface area contributed by atoms with Gasteiger partial charge in [-0.25, -0.2) is 9.59 Å². The molecule has 0 aliphatic heterocycles. The Balaban J connectivity index is 0.000000240. The molecule has 8 nitrogen and oxygen atoms in total. The molecule has 2 atom stereocenters. The Morgan fingerprint density at radius 3 is 1.08 bits per heavy atom. The van der Waals surface area contributed by atoms with E-state index < -0.39 is 24.1 Å². The maximum atomic E-state index is 10.3. The minimum atomic E-state index is -1.52. The highest BCUT2D eigenvalue weighted by Gasteiger charge is 2.15. The summed E-state index contributed by atoms with van der Waals surface area (Å²) in [4.78, 5) is 20.5. The van der Waals surface area contributed by atoms with Crippen molar-refractivity contribution < 1.29 is 40.2 Å². The number of carboxylic acids is 2. The Hall–Kier alpha value is -3.10. The zero-order valence-electron chi connectivity index (χ0n) is 12.3. The smallest absolute Gasteiger partial charge is 0.337 e. The van der Waals surface area contributed by atoms with Gasteiger partial charge in [0.1, 0.15) is 11.5 Å². The fourth-order valence-corrected chi connectivity index (χ4v) is 1.60. The number of aromatic hydroxyl groups is 2. The molecule has 2 rings (SSSR count). The molecule has 0 aliphatic rings. The van der Waals surface area contributed by atoms with E-state index in [2.05, 4.69) is 0 Å². The van der Waals surface area contributed by atoms with Gasteiger partial charge in [-0.3, -0.25) is 0 Å². The number of aliphatic hydroxyl groups excluding tert-OH is 2. The van der Waals surface area contributed by atoms with Gasteiger partial charge in [0, 0.05) is 0 Å². The van der Waals surface area contributed by atoms with Gasteiger partial charge in [0.2, 0.25) is 0 Å². The van der Waals surface area contributed by atoms with Gasteiger partial charge in [-0.1, -0.05) is 24.3 Å². The number of hydrogen-bond acceptors (Lipinski definition) is 6. The molecule has 0 aliphatic carbocycles. The van der Waals surface area contributed by atoms with Gasteiger partial charge < -0.3 is 30.6 Å². The van der Waals surface area contributed by atoms with Crippen molar-refractivity contribution in [2.75, 3.05) is 0 Å². The van der Waals surface area contributed by atoms with Gasteiger partial charge in [0.05, 0.1) is 0 Å². The third kappa shape index (κ3) is 5.59. The molecule has 0 heterocycles. The van der Waals surface area contributed by atoms with E-state index in [-0.39, 0.29) is 22.6 Å². The van der Waals surface area contributed by atoms with E-state index in [4.69, 9.17) is 30.6 Å². The van der Waals surface area contributed by atoms with Crippen LogP contribution in [0.3, 0.4) is 0 Å². The average molecular weight is 336 g/mol. The second-order valence-corrected chi connectivity index (χ2v) is 4.66. The summed E-state index contributed by atoms with van der Waals surface area (Å²) >= 11 is 0. The van der Waals surface area contributed by atoms with Crippen molar-refractivity contribution in [1.82, 2.24) is 0 Å². The van der Waals surface area contributed by atoms with Crippen LogP contribution in [0.4, 0.5) is 0 Å². The van der Waals surface area contributed by atoms with Crippen LogP contribution in [0.1, 0.15) is 23.3 Å². The number of carbonyl (C=O) groups is 2. The third-order valence-corrected chi connectivity index (χ3v) is 2.89. The normalized spacial score (nSPS) is 12.4. The third-order valence-electron chi connectivity index (χ3n) is 2.89. The Morgan fingerprint density at radius 2 is 0.875 bits per heavy atom. The molecule has 128 valence electrons. The summed E-state index contributed by atoms with van der Waals surface area (Å²) < 4.78 is 0. The maximum Gasteiger partial charge on any atom is 0.337 e. The Bertz CT molecular complexity index is 617. The van der Waals surface area contributed by atoms with Gasteiger partial charge in [0.25, 0.3) is 0 Å². The van der Waals surface area contributed by atoms with Crippen molar-refractivity contribution in [2.24, 2.45) is 0 Å². The summed E-state index contributed by atoms with van der Waals surface area (Å²) in [5.41, 5.74) is 0.501. The van der Waals surface area contributed by atoms with Gasteiger partial charge in [-0.2, -0.15) is 0 Å². The van der Waals surface area contributed by atoms with Crippen molar-refractivity contribution in [2.45, 2.75) is 12.2 Å². The second-order valence-electron chi connectivity index (χ2n) is 4.66. The lowest BCUT2D eigenvalue weighted by molar-refractivity contribution is -0.147. The van der Waals surface area contributed by atoms with Crippen molar-refractivity contribution >= 4 is 11.9 Å². The summed E-state index contributed by atoms with van der Waals surface area (Å²) in [6.07, 6.45) is -3.05. The summed E-state index contributed by atoms with van der Waals surface area (Å²) in [5.74, 6) is -2.53. The van der Waals surface area contributed by atoms with Crippen LogP contribution >= 0.6 is 0 Å². The lowest BCUT2D eigenvalue weighted by Crippen LogP contribution is -2.09. The van der Waals surface area contributed by atoms with E-state index in [0.717, 1.165) is 0 Å². The predicted octanol–water partition coefficient (Wildman–Crippen LogP) is 1.02. The first kappa shape index (κ1) is 18.9. The SMILES string of the molecule is O=C(O)C(O)c1ccc(O)cc1.O=C(O)C(O)c1ccc(O)cc1. The molecule has 0 fully saturated rings. The highest BCUT2D eigenvalue weighted by atomic mass is 16.4. The number of benzene rings is 2. The second kappa shape index (κ2) is 8.51. The number of phenolic OH excluding ortho intramolecular Hbond substituents is 2. The number of hydrogen-bond donors (Lipinski definition) is 6. The molecule has 24 heavy (non-hydrogen) atoms. The van der Waals surface area contributed by atoms with Crippen LogP contribution in [0.2, 0.25) is 0 Å². The first-order valence-corrected chi connectivity index (χ1v) is 6.62. The molecule has 2 unspecified atom stereocenters. The lowest BCUT2D eigenvalue weighted by atomic mass is 10.1. The van der Waals surface area contributed by atoms with Gasteiger partial charge in [0.15, 0.2) is 12.2 Å². The van der Waals surface area contributed by atoms with Crippen molar-refractivity contribution in [3.05, 3.63) is 59.7 Å². The van der Waals surface area contributed by atoms with E-state index in [9.17, 15) is 9.59 Å².